The summed E-state index contributed by atoms with van der Waals surface area (Å²) in [5, 5.41) is 10.5. The van der Waals surface area contributed by atoms with E-state index in [2.05, 4.69) is 0 Å². The Bertz CT molecular complexity index is 1590. The van der Waals surface area contributed by atoms with Gasteiger partial charge in [0.25, 0.3) is 11.5 Å². The van der Waals surface area contributed by atoms with Crippen molar-refractivity contribution in [2.45, 2.75) is 18.9 Å². The fourth-order valence-corrected chi connectivity index (χ4v) is 5.41. The van der Waals surface area contributed by atoms with Gasteiger partial charge in [-0.25, -0.2) is 0 Å². The summed E-state index contributed by atoms with van der Waals surface area (Å²) in [5.74, 6) is 0.505. The lowest BCUT2D eigenvalue weighted by Gasteiger charge is -2.42. The second-order valence-corrected chi connectivity index (χ2v) is 9.44. The highest BCUT2D eigenvalue weighted by Gasteiger charge is 2.36. The van der Waals surface area contributed by atoms with E-state index in [0.29, 0.717) is 25.4 Å². The number of phenols is 1. The minimum Gasteiger partial charge on any atom is -0.507 e. The number of phenolic OH excluding ortho intramolecular Hbond substituents is 1. The molecule has 2 aromatic heterocycles. The van der Waals surface area contributed by atoms with Crippen LogP contribution in [0.1, 0.15) is 18.0 Å². The smallest absolute Gasteiger partial charge is 0.260 e. The predicted octanol–water partition coefficient (Wildman–Crippen LogP) is 3.35. The van der Waals surface area contributed by atoms with Crippen molar-refractivity contribution in [3.63, 3.8) is 0 Å². The van der Waals surface area contributed by atoms with Crippen LogP contribution in [0.15, 0.2) is 80.7 Å². The number of carbonyl (C=O) groups is 1. The normalized spacial score (nSPS) is 18.6. The van der Waals surface area contributed by atoms with E-state index in [4.69, 9.17) is 9.15 Å². The van der Waals surface area contributed by atoms with Crippen LogP contribution in [-0.2, 0) is 11.3 Å². The summed E-state index contributed by atoms with van der Waals surface area (Å²) in [7, 11) is 0. The zero-order valence-electron chi connectivity index (χ0n) is 19.4. The number of fused-ring (bicyclic) bond motifs is 5. The molecule has 2 atom stereocenters. The van der Waals surface area contributed by atoms with Gasteiger partial charge in [-0.3, -0.25) is 14.4 Å². The van der Waals surface area contributed by atoms with Gasteiger partial charge in [0, 0.05) is 61.1 Å². The molecule has 4 heterocycles. The van der Waals surface area contributed by atoms with E-state index in [1.165, 1.54) is 18.2 Å². The van der Waals surface area contributed by atoms with Gasteiger partial charge in [0.2, 0.25) is 0 Å². The molecule has 2 bridgehead atoms. The first-order valence-electron chi connectivity index (χ1n) is 11.9. The second kappa shape index (κ2) is 8.71. The average Bonchev–Trinajstić information content (AvgIpc) is 2.88. The van der Waals surface area contributed by atoms with Crippen LogP contribution < -0.4 is 15.7 Å². The molecule has 2 aliphatic rings. The Morgan fingerprint density at radius 1 is 1.00 bits per heavy atom. The molecular formula is C28H24N2O6. The number of carbonyl (C=O) groups excluding carboxylic acids is 1. The number of aromatic hydroxyl groups is 1. The number of nitrogens with zero attached hydrogens (tertiary/aromatic N) is 2. The molecule has 6 rings (SSSR count). The van der Waals surface area contributed by atoms with Crippen molar-refractivity contribution in [1.29, 1.82) is 0 Å². The maximum atomic E-state index is 13.0. The molecule has 0 radical (unpaired) electrons. The number of ether oxygens (including phenoxy) is 1. The first-order chi connectivity index (χ1) is 17.5. The Morgan fingerprint density at radius 2 is 1.83 bits per heavy atom. The minimum atomic E-state index is -0.366. The SMILES string of the molecule is O=C(COc1cc(O)c2c(=O)cc(-c3ccccc3)oc2c1)N1C[C@@H]2C[C@H](C1)c1cccc(=O)n1C2. The Hall–Kier alpha value is -4.33. The van der Waals surface area contributed by atoms with Crippen molar-refractivity contribution in [3.05, 3.63) is 93.0 Å². The first-order valence-corrected chi connectivity index (χ1v) is 11.9. The Kier molecular flexibility index (Phi) is 5.36. The number of amides is 1. The molecular weight excluding hydrogens is 460 g/mol. The van der Waals surface area contributed by atoms with E-state index in [9.17, 15) is 19.5 Å². The van der Waals surface area contributed by atoms with E-state index < -0.39 is 0 Å². The fourth-order valence-electron chi connectivity index (χ4n) is 5.41. The predicted molar refractivity (Wildman–Crippen MR) is 133 cm³/mol. The number of rotatable bonds is 4. The van der Waals surface area contributed by atoms with E-state index in [1.54, 1.807) is 17.0 Å². The second-order valence-electron chi connectivity index (χ2n) is 9.44. The van der Waals surface area contributed by atoms with Gasteiger partial charge in [-0.05, 0) is 18.4 Å². The Balaban J connectivity index is 1.21. The molecule has 36 heavy (non-hydrogen) atoms. The Labute approximate surface area is 206 Å². The lowest BCUT2D eigenvalue weighted by Crippen LogP contribution is -2.50. The molecule has 1 saturated heterocycles. The van der Waals surface area contributed by atoms with Crippen LogP contribution in [0.5, 0.6) is 11.5 Å². The lowest BCUT2D eigenvalue weighted by molar-refractivity contribution is -0.136. The molecule has 1 fully saturated rings. The summed E-state index contributed by atoms with van der Waals surface area (Å²) < 4.78 is 13.5. The quantitative estimate of drug-likeness (QED) is 0.477. The van der Waals surface area contributed by atoms with Crippen LogP contribution in [0.25, 0.3) is 22.3 Å². The van der Waals surface area contributed by atoms with E-state index >= 15 is 0 Å². The maximum Gasteiger partial charge on any atom is 0.260 e. The number of aromatic nitrogens is 1. The Morgan fingerprint density at radius 3 is 2.67 bits per heavy atom. The highest BCUT2D eigenvalue weighted by atomic mass is 16.5. The van der Waals surface area contributed by atoms with E-state index in [0.717, 1.165) is 17.7 Å². The molecule has 8 nitrogen and oxygen atoms in total. The highest BCUT2D eigenvalue weighted by Crippen LogP contribution is 2.35. The first kappa shape index (κ1) is 22.2. The van der Waals surface area contributed by atoms with Crippen LogP contribution in [0.4, 0.5) is 0 Å². The minimum absolute atomic E-state index is 0.00324. The van der Waals surface area contributed by atoms with Crippen molar-refractivity contribution in [3.8, 4) is 22.8 Å². The summed E-state index contributed by atoms with van der Waals surface area (Å²) >= 11 is 0. The molecule has 2 aliphatic heterocycles. The van der Waals surface area contributed by atoms with Gasteiger partial charge in [0.05, 0.1) is 0 Å². The largest absolute Gasteiger partial charge is 0.507 e. The summed E-state index contributed by atoms with van der Waals surface area (Å²) in [6.07, 6.45) is 0.954. The average molecular weight is 485 g/mol. The molecule has 0 aliphatic carbocycles. The third-order valence-corrected chi connectivity index (χ3v) is 7.04. The van der Waals surface area contributed by atoms with Gasteiger partial charge in [-0.2, -0.15) is 0 Å². The topological polar surface area (TPSA) is 102 Å². The standard InChI is InChI=1S/C28H24N2O6/c31-22-10-20(11-25-28(22)23(32)12-24(36-25)18-5-2-1-3-6-18)35-16-27(34)29-13-17-9-19(15-29)21-7-4-8-26(33)30(21)14-17/h1-8,10-12,17,19,31H,9,13-16H2/t17-,19+/m0/s1. The van der Waals surface area contributed by atoms with Crippen LogP contribution >= 0.6 is 0 Å². The molecule has 1 N–H and O–H groups in total. The molecule has 182 valence electrons. The van der Waals surface area contributed by atoms with Gasteiger partial charge in [-0.1, -0.05) is 36.4 Å². The van der Waals surface area contributed by atoms with Crippen molar-refractivity contribution < 1.29 is 19.1 Å². The van der Waals surface area contributed by atoms with Crippen LogP contribution in [0, 0.1) is 5.92 Å². The van der Waals surface area contributed by atoms with Crippen molar-refractivity contribution >= 4 is 16.9 Å². The molecule has 8 heteroatoms. The van der Waals surface area contributed by atoms with Gasteiger partial charge in [0.15, 0.2) is 12.0 Å². The third-order valence-electron chi connectivity index (χ3n) is 7.04. The number of piperidine rings is 1. The van der Waals surface area contributed by atoms with Gasteiger partial charge in [-0.15, -0.1) is 0 Å². The van der Waals surface area contributed by atoms with Gasteiger partial charge in [0.1, 0.15) is 28.2 Å². The fraction of sp³-hybridized carbons (Fsp3) is 0.250. The molecule has 2 aromatic carbocycles. The van der Waals surface area contributed by atoms with Gasteiger partial charge < -0.3 is 23.7 Å². The zero-order valence-corrected chi connectivity index (χ0v) is 19.4. The number of hydrogen-bond donors (Lipinski definition) is 1. The summed E-state index contributed by atoms with van der Waals surface area (Å²) in [4.78, 5) is 39.7. The third kappa shape index (κ3) is 3.94. The van der Waals surface area contributed by atoms with Gasteiger partial charge >= 0.3 is 0 Å². The summed E-state index contributed by atoms with van der Waals surface area (Å²) in [6, 6.07) is 18.7. The highest BCUT2D eigenvalue weighted by molar-refractivity contribution is 5.86. The number of likely N-dealkylation sites (tertiary alicyclic amines) is 1. The molecule has 0 unspecified atom stereocenters. The zero-order chi connectivity index (χ0) is 24.8. The number of benzene rings is 2. The molecule has 0 saturated carbocycles. The summed E-state index contributed by atoms with van der Waals surface area (Å²) in [6.45, 7) is 1.49. The molecule has 0 spiro atoms. The van der Waals surface area contributed by atoms with Crippen molar-refractivity contribution in [1.82, 2.24) is 9.47 Å². The lowest BCUT2D eigenvalue weighted by atomic mass is 9.83. The van der Waals surface area contributed by atoms with E-state index in [1.807, 2.05) is 41.0 Å². The van der Waals surface area contributed by atoms with Crippen molar-refractivity contribution in [2.75, 3.05) is 19.7 Å². The molecule has 1 amide bonds. The summed E-state index contributed by atoms with van der Waals surface area (Å²) in [5.41, 5.74) is 1.52. The molecule has 4 aromatic rings. The van der Waals surface area contributed by atoms with Crippen molar-refractivity contribution in [2.24, 2.45) is 5.92 Å². The van der Waals surface area contributed by atoms with Crippen LogP contribution in [0.3, 0.4) is 0 Å². The van der Waals surface area contributed by atoms with E-state index in [-0.39, 0.29) is 57.8 Å². The maximum absolute atomic E-state index is 13.0. The number of hydrogen-bond acceptors (Lipinski definition) is 6. The number of pyridine rings is 1. The van der Waals surface area contributed by atoms with Crippen LogP contribution in [0.2, 0.25) is 0 Å². The monoisotopic (exact) mass is 484 g/mol. The van der Waals surface area contributed by atoms with Crippen LogP contribution in [-0.4, -0.2) is 40.2 Å².